The van der Waals surface area contributed by atoms with E-state index >= 15 is 0 Å². The lowest BCUT2D eigenvalue weighted by Gasteiger charge is -2.18. The van der Waals surface area contributed by atoms with Gasteiger partial charge in [0.15, 0.2) is 10.9 Å². The number of nitrogens with two attached hydrogens (primary N) is 1. The summed E-state index contributed by atoms with van der Waals surface area (Å²) in [6.45, 7) is 4.74. The van der Waals surface area contributed by atoms with Crippen molar-refractivity contribution in [2.24, 2.45) is 10.6 Å². The Bertz CT molecular complexity index is 788. The first-order chi connectivity index (χ1) is 12.4. The first-order valence-electron chi connectivity index (χ1n) is 9.18. The van der Waals surface area contributed by atoms with Crippen molar-refractivity contribution in [2.75, 3.05) is 0 Å². The van der Waals surface area contributed by atoms with Gasteiger partial charge >= 0.3 is 0 Å². The van der Waals surface area contributed by atoms with E-state index in [0.29, 0.717) is 23.2 Å². The highest BCUT2D eigenvalue weighted by Gasteiger charge is 2.60. The molecule has 0 amide bonds. The zero-order valence-electron chi connectivity index (χ0n) is 15.3. The van der Waals surface area contributed by atoms with Crippen LogP contribution in [0.4, 0.5) is 0 Å². The molecule has 0 spiro atoms. The van der Waals surface area contributed by atoms with Crippen LogP contribution in [0.25, 0.3) is 0 Å². The van der Waals surface area contributed by atoms with Crippen LogP contribution in [0.2, 0.25) is 0 Å². The van der Waals surface area contributed by atoms with E-state index in [1.807, 2.05) is 11.3 Å². The molecule has 1 heterocycles. The molecule has 2 saturated carbocycles. The summed E-state index contributed by atoms with van der Waals surface area (Å²) in [6.07, 6.45) is 6.74. The van der Waals surface area contributed by atoms with Gasteiger partial charge in [0.25, 0.3) is 0 Å². The second-order valence-corrected chi connectivity index (χ2v) is 9.40. The maximum absolute atomic E-state index is 8.81. The van der Waals surface area contributed by atoms with Crippen LogP contribution in [0.3, 0.4) is 0 Å². The average Bonchev–Trinajstić information content (AvgIpc) is 2.96. The third-order valence-electron chi connectivity index (χ3n) is 5.66. The number of benzene rings is 1. The van der Waals surface area contributed by atoms with Crippen LogP contribution >= 0.6 is 11.3 Å². The molecule has 0 bridgehead atoms. The number of aromatic nitrogens is 2. The smallest absolute Gasteiger partial charge is 0.198 e. The lowest BCUT2D eigenvalue weighted by Crippen LogP contribution is -2.03. The molecular weight excluding hydrogens is 366 g/mol. The van der Waals surface area contributed by atoms with Gasteiger partial charge in [-0.05, 0) is 29.7 Å². The molecule has 0 unspecified atom stereocenters. The van der Waals surface area contributed by atoms with E-state index in [9.17, 15) is 0 Å². The highest BCUT2D eigenvalue weighted by Crippen LogP contribution is 2.70. The molecule has 26 heavy (non-hydrogen) atoms. The lowest BCUT2D eigenvalue weighted by molar-refractivity contribution is 0.440. The summed E-state index contributed by atoms with van der Waals surface area (Å²) >= 11 is 1.89. The van der Waals surface area contributed by atoms with Crippen molar-refractivity contribution < 1.29 is 8.42 Å². The highest BCUT2D eigenvalue weighted by atomic mass is 32.2. The van der Waals surface area contributed by atoms with Gasteiger partial charge in [-0.15, -0.1) is 21.5 Å². The van der Waals surface area contributed by atoms with E-state index in [-0.39, 0.29) is 0 Å². The van der Waals surface area contributed by atoms with Crippen LogP contribution in [-0.2, 0) is 10.9 Å². The molecule has 5 nitrogen and oxygen atoms in total. The van der Waals surface area contributed by atoms with Crippen LogP contribution < -0.4 is 5.14 Å². The molecule has 2 atom stereocenters. The molecule has 0 aliphatic heterocycles. The number of thiol groups is 1. The molecule has 1 aromatic heterocycles. The molecule has 0 saturated heterocycles. The molecular formula is C19H27N3O2S2. The summed E-state index contributed by atoms with van der Waals surface area (Å²) in [7, 11) is -2.62. The van der Waals surface area contributed by atoms with Crippen LogP contribution in [0.1, 0.15) is 79.3 Å². The second-order valence-electron chi connectivity index (χ2n) is 7.79. The Labute approximate surface area is 161 Å². The average molecular weight is 394 g/mol. The van der Waals surface area contributed by atoms with Gasteiger partial charge in [0.1, 0.15) is 10.0 Å². The van der Waals surface area contributed by atoms with E-state index in [2.05, 4.69) is 59.5 Å². The molecule has 2 N–H and O–H groups in total. The zero-order valence-corrected chi connectivity index (χ0v) is 17.0. The fraction of sp³-hybridized carbons (Fsp3) is 0.579. The van der Waals surface area contributed by atoms with Crippen LogP contribution in [0.15, 0.2) is 30.3 Å². The number of rotatable bonds is 3. The summed E-state index contributed by atoms with van der Waals surface area (Å²) in [5.74, 6) is 1.82. The van der Waals surface area contributed by atoms with Gasteiger partial charge in [0.2, 0.25) is 0 Å². The van der Waals surface area contributed by atoms with Gasteiger partial charge in [-0.1, -0.05) is 63.4 Å². The quantitative estimate of drug-likeness (QED) is 0.773. The summed E-state index contributed by atoms with van der Waals surface area (Å²) in [6, 6.07) is 10.9. The van der Waals surface area contributed by atoms with E-state index in [1.54, 1.807) is 0 Å². The number of hydrogen-bond donors (Lipinski definition) is 2. The minimum absolute atomic E-state index is 0.310. The van der Waals surface area contributed by atoms with Crippen molar-refractivity contribution in [2.45, 2.75) is 63.7 Å². The van der Waals surface area contributed by atoms with Gasteiger partial charge < -0.3 is 0 Å². The van der Waals surface area contributed by atoms with E-state index in [1.165, 1.54) is 47.7 Å². The van der Waals surface area contributed by atoms with Crippen LogP contribution in [-0.4, -0.2) is 18.6 Å². The standard InChI is InChI=1S/C19H24N2S.H3NO2S/c1-19(2)15(13-9-5-3-6-10-13)16(19)18-21-20-17(22-18)14-11-7-4-8-12-14;1-4(2)3/h3,5-6,9-10,14-16H,4,7-8,11-12H2,1-2H3;4H,(H2,1,2,3)/t15-,16+;/m1./s1. The Balaban J connectivity index is 0.000000447. The molecule has 142 valence electrons. The molecule has 2 aliphatic carbocycles. The minimum atomic E-state index is -2.62. The second kappa shape index (κ2) is 8.15. The van der Waals surface area contributed by atoms with Gasteiger partial charge in [-0.2, -0.15) is 0 Å². The first kappa shape index (κ1) is 19.5. The predicted molar refractivity (Wildman–Crippen MR) is 106 cm³/mol. The largest absolute Gasteiger partial charge is 0.231 e. The monoisotopic (exact) mass is 393 g/mol. The maximum atomic E-state index is 8.81. The Morgan fingerprint density at radius 2 is 1.58 bits per heavy atom. The normalized spacial score (nSPS) is 24.8. The fourth-order valence-electron chi connectivity index (χ4n) is 4.27. The summed E-state index contributed by atoms with van der Waals surface area (Å²) in [4.78, 5) is 0. The maximum Gasteiger partial charge on any atom is 0.198 e. The fourth-order valence-corrected chi connectivity index (χ4v) is 5.61. The molecule has 2 aliphatic rings. The SMILES string of the molecule is CC1(C)[C@H](c2ccccc2)[C@H]1c1nnc(C2CCCCC2)s1.N[SH](=O)=O. The molecule has 7 heteroatoms. The van der Waals surface area contributed by atoms with Crippen molar-refractivity contribution in [3.8, 4) is 0 Å². The predicted octanol–water partition coefficient (Wildman–Crippen LogP) is 3.96. The Morgan fingerprint density at radius 1 is 1.00 bits per heavy atom. The molecule has 0 radical (unpaired) electrons. The van der Waals surface area contributed by atoms with Crippen LogP contribution in [0, 0.1) is 5.41 Å². The van der Waals surface area contributed by atoms with Gasteiger partial charge in [0, 0.05) is 11.8 Å². The van der Waals surface area contributed by atoms with Crippen molar-refractivity contribution in [1.82, 2.24) is 10.2 Å². The lowest BCUT2D eigenvalue weighted by atomic mass is 9.90. The minimum Gasteiger partial charge on any atom is -0.231 e. The summed E-state index contributed by atoms with van der Waals surface area (Å²) in [5.41, 5.74) is 1.76. The number of nitrogens with zero attached hydrogens (tertiary/aromatic N) is 2. The Hall–Kier alpha value is -1.31. The Kier molecular flexibility index (Phi) is 6.10. The molecule has 2 aromatic rings. The van der Waals surface area contributed by atoms with E-state index < -0.39 is 10.9 Å². The first-order valence-corrected chi connectivity index (χ1v) is 11.2. The highest BCUT2D eigenvalue weighted by molar-refractivity contribution is 7.69. The van der Waals surface area contributed by atoms with Gasteiger partial charge in [0.05, 0.1) is 0 Å². The summed E-state index contributed by atoms with van der Waals surface area (Å²) in [5, 5.41) is 15.8. The van der Waals surface area contributed by atoms with Crippen LogP contribution in [0.5, 0.6) is 0 Å². The van der Waals surface area contributed by atoms with Gasteiger partial charge in [-0.25, -0.2) is 13.6 Å². The molecule has 4 rings (SSSR count). The van der Waals surface area contributed by atoms with Crippen molar-refractivity contribution in [3.63, 3.8) is 0 Å². The topological polar surface area (TPSA) is 85.9 Å². The third kappa shape index (κ3) is 4.32. The van der Waals surface area contributed by atoms with E-state index in [4.69, 9.17) is 8.42 Å². The third-order valence-corrected chi connectivity index (χ3v) is 6.83. The molecule has 2 fully saturated rings. The zero-order chi connectivity index (χ0) is 18.7. The Morgan fingerprint density at radius 3 is 2.19 bits per heavy atom. The number of hydrogen-bond acceptors (Lipinski definition) is 5. The van der Waals surface area contributed by atoms with Crippen molar-refractivity contribution >= 4 is 22.2 Å². The van der Waals surface area contributed by atoms with Gasteiger partial charge in [-0.3, -0.25) is 0 Å². The molecule has 1 aromatic carbocycles. The van der Waals surface area contributed by atoms with Crippen molar-refractivity contribution in [3.05, 3.63) is 45.9 Å². The van der Waals surface area contributed by atoms with E-state index in [0.717, 1.165) is 0 Å². The van der Waals surface area contributed by atoms with Crippen molar-refractivity contribution in [1.29, 1.82) is 0 Å². The summed E-state index contributed by atoms with van der Waals surface area (Å²) < 4.78 is 17.6.